The molecule has 0 saturated carbocycles. The van der Waals surface area contributed by atoms with Crippen LogP contribution in [0.15, 0.2) is 140 Å². The zero-order valence-corrected chi connectivity index (χ0v) is 27.6. The van der Waals surface area contributed by atoms with Gasteiger partial charge in [-0.05, 0) is 60.5 Å². The number of benzene rings is 5. The quantitative estimate of drug-likeness (QED) is 0.0742. The lowest BCUT2D eigenvalue weighted by molar-refractivity contribution is -0.141. The first-order valence-corrected chi connectivity index (χ1v) is 16.3. The number of fused-ring (bicyclic) bond motifs is 1. The summed E-state index contributed by atoms with van der Waals surface area (Å²) in [5.74, 6) is -0.162. The SMILES string of the molecule is COC(=O)[C@H](Cc1ccc(OCCCN(C(=O)c2cnc3ccccc3n2)c2ccccc2)cc1)Nc1ccccc1C(=O)c1ccccc1. The lowest BCUT2D eigenvalue weighted by atomic mass is 10.00. The van der Waals surface area contributed by atoms with Crippen molar-refractivity contribution in [3.63, 3.8) is 0 Å². The third-order valence-electron chi connectivity index (χ3n) is 8.16. The molecule has 1 aromatic heterocycles. The Hall–Kier alpha value is -6.35. The Morgan fingerprint density at radius 2 is 1.42 bits per heavy atom. The van der Waals surface area contributed by atoms with Crippen LogP contribution in [0, 0.1) is 0 Å². The lowest BCUT2D eigenvalue weighted by Gasteiger charge is -2.22. The fourth-order valence-electron chi connectivity index (χ4n) is 5.60. The highest BCUT2D eigenvalue weighted by atomic mass is 16.5. The second kappa shape index (κ2) is 16.2. The van der Waals surface area contributed by atoms with Crippen molar-refractivity contribution < 1.29 is 23.9 Å². The van der Waals surface area contributed by atoms with Gasteiger partial charge in [0.15, 0.2) is 5.78 Å². The molecule has 0 unspecified atom stereocenters. The van der Waals surface area contributed by atoms with Gasteiger partial charge in [0, 0.05) is 35.5 Å². The van der Waals surface area contributed by atoms with Gasteiger partial charge in [-0.1, -0.05) is 84.9 Å². The van der Waals surface area contributed by atoms with Crippen molar-refractivity contribution in [2.45, 2.75) is 18.9 Å². The van der Waals surface area contributed by atoms with Crippen LogP contribution in [0.5, 0.6) is 5.75 Å². The predicted octanol–water partition coefficient (Wildman–Crippen LogP) is 7.17. The zero-order chi connectivity index (χ0) is 34.7. The van der Waals surface area contributed by atoms with Crippen molar-refractivity contribution >= 4 is 40.1 Å². The van der Waals surface area contributed by atoms with Crippen LogP contribution >= 0.6 is 0 Å². The molecule has 50 heavy (non-hydrogen) atoms. The van der Waals surface area contributed by atoms with Gasteiger partial charge in [-0.25, -0.2) is 9.78 Å². The molecule has 9 heteroatoms. The monoisotopic (exact) mass is 664 g/mol. The van der Waals surface area contributed by atoms with E-state index in [0.717, 1.165) is 16.8 Å². The molecule has 0 fully saturated rings. The molecule has 0 aliphatic rings. The van der Waals surface area contributed by atoms with Crippen LogP contribution in [-0.4, -0.2) is 53.9 Å². The number of carbonyl (C=O) groups is 3. The summed E-state index contributed by atoms with van der Waals surface area (Å²) in [4.78, 5) is 50.4. The van der Waals surface area contributed by atoms with Gasteiger partial charge in [-0.2, -0.15) is 0 Å². The molecule has 0 bridgehead atoms. The Kier molecular flexibility index (Phi) is 10.8. The van der Waals surface area contributed by atoms with E-state index in [0.29, 0.717) is 54.1 Å². The molecule has 0 aliphatic heterocycles. The first-order chi connectivity index (χ1) is 24.5. The van der Waals surface area contributed by atoms with E-state index < -0.39 is 12.0 Å². The van der Waals surface area contributed by atoms with Crippen molar-refractivity contribution in [2.24, 2.45) is 0 Å². The lowest BCUT2D eigenvalue weighted by Crippen LogP contribution is -2.33. The topological polar surface area (TPSA) is 111 Å². The largest absolute Gasteiger partial charge is 0.494 e. The number of esters is 1. The molecule has 0 saturated heterocycles. The third-order valence-corrected chi connectivity index (χ3v) is 8.16. The van der Waals surface area contributed by atoms with Crippen molar-refractivity contribution in [3.05, 3.63) is 162 Å². The number of ketones is 1. The summed E-state index contributed by atoms with van der Waals surface area (Å²) < 4.78 is 11.1. The molecule has 0 spiro atoms. The third kappa shape index (κ3) is 8.19. The summed E-state index contributed by atoms with van der Waals surface area (Å²) in [6.07, 6.45) is 2.41. The molecule has 6 aromatic rings. The highest BCUT2D eigenvalue weighted by Crippen LogP contribution is 2.23. The van der Waals surface area contributed by atoms with Gasteiger partial charge < -0.3 is 19.7 Å². The van der Waals surface area contributed by atoms with Gasteiger partial charge in [0.2, 0.25) is 0 Å². The minimum absolute atomic E-state index is 0.141. The maximum atomic E-state index is 13.6. The number of hydrogen-bond acceptors (Lipinski definition) is 8. The van der Waals surface area contributed by atoms with Crippen LogP contribution in [0.2, 0.25) is 0 Å². The summed E-state index contributed by atoms with van der Waals surface area (Å²) in [6, 6.07) is 39.8. The first kappa shape index (κ1) is 33.5. The first-order valence-electron chi connectivity index (χ1n) is 16.3. The van der Waals surface area contributed by atoms with Crippen LogP contribution < -0.4 is 15.0 Å². The van der Waals surface area contributed by atoms with E-state index in [1.807, 2.05) is 103 Å². The minimum Gasteiger partial charge on any atom is -0.494 e. The average molecular weight is 665 g/mol. The molecule has 250 valence electrons. The fourth-order valence-corrected chi connectivity index (χ4v) is 5.60. The number of rotatable bonds is 14. The number of nitrogens with one attached hydrogen (secondary N) is 1. The predicted molar refractivity (Wildman–Crippen MR) is 194 cm³/mol. The summed E-state index contributed by atoms with van der Waals surface area (Å²) in [5.41, 5.74) is 4.88. The van der Waals surface area contributed by atoms with Crippen LogP contribution in [0.4, 0.5) is 11.4 Å². The van der Waals surface area contributed by atoms with Crippen LogP contribution in [-0.2, 0) is 16.0 Å². The molecular weight excluding hydrogens is 628 g/mol. The number of aromatic nitrogens is 2. The second-order valence-electron chi connectivity index (χ2n) is 11.5. The van der Waals surface area contributed by atoms with Crippen molar-refractivity contribution in [1.29, 1.82) is 0 Å². The van der Waals surface area contributed by atoms with Crippen molar-refractivity contribution in [1.82, 2.24) is 9.97 Å². The number of anilines is 2. The van der Waals surface area contributed by atoms with Crippen molar-refractivity contribution in [2.75, 3.05) is 30.5 Å². The van der Waals surface area contributed by atoms with Gasteiger partial charge in [0.05, 0.1) is 30.9 Å². The number of ether oxygens (including phenoxy) is 2. The molecule has 5 aromatic carbocycles. The molecule has 9 nitrogen and oxygen atoms in total. The molecular formula is C41H36N4O5. The van der Waals surface area contributed by atoms with E-state index in [1.54, 1.807) is 35.2 Å². The number of para-hydroxylation sites is 4. The Balaban J connectivity index is 1.08. The Bertz CT molecular complexity index is 2070. The van der Waals surface area contributed by atoms with Gasteiger partial charge >= 0.3 is 5.97 Å². The highest BCUT2D eigenvalue weighted by molar-refractivity contribution is 6.12. The van der Waals surface area contributed by atoms with Gasteiger partial charge in [-0.15, -0.1) is 0 Å². The molecule has 1 atom stereocenters. The maximum Gasteiger partial charge on any atom is 0.328 e. The van der Waals surface area contributed by atoms with Gasteiger partial charge in [-0.3, -0.25) is 14.6 Å². The number of amides is 1. The second-order valence-corrected chi connectivity index (χ2v) is 11.5. The number of carbonyl (C=O) groups excluding carboxylic acids is 3. The van der Waals surface area contributed by atoms with E-state index in [-0.39, 0.29) is 17.4 Å². The summed E-state index contributed by atoms with van der Waals surface area (Å²) in [5, 5.41) is 3.24. The van der Waals surface area contributed by atoms with Gasteiger partial charge in [0.1, 0.15) is 17.5 Å². The highest BCUT2D eigenvalue weighted by Gasteiger charge is 2.23. The summed E-state index contributed by atoms with van der Waals surface area (Å²) >= 11 is 0. The van der Waals surface area contributed by atoms with E-state index in [4.69, 9.17) is 9.47 Å². The number of nitrogens with zero attached hydrogens (tertiary/aromatic N) is 3. The normalized spacial score (nSPS) is 11.4. The maximum absolute atomic E-state index is 13.6. The van der Waals surface area contributed by atoms with Crippen molar-refractivity contribution in [3.8, 4) is 5.75 Å². The molecule has 1 N–H and O–H groups in total. The number of methoxy groups -OCH3 is 1. The minimum atomic E-state index is -0.731. The van der Waals surface area contributed by atoms with Gasteiger partial charge in [0.25, 0.3) is 5.91 Å². The Morgan fingerprint density at radius 1 is 0.760 bits per heavy atom. The standard InChI is InChI=1S/C41H36N4O5/c1-49-41(48)37(43-34-18-9-8-17-33(34)39(46)30-13-4-2-5-14-30)27-29-21-23-32(24-22-29)50-26-12-25-45(31-15-6-3-7-16-31)40(47)38-28-42-35-19-10-11-20-36(35)44-38/h2-11,13-24,28,37,43H,12,25-27H2,1H3/t37-/m0/s1. The van der Waals surface area contributed by atoms with E-state index in [1.165, 1.54) is 13.3 Å². The average Bonchev–Trinajstić information content (AvgIpc) is 3.18. The zero-order valence-electron chi connectivity index (χ0n) is 27.6. The van der Waals surface area contributed by atoms with Crippen LogP contribution in [0.25, 0.3) is 11.0 Å². The fraction of sp³-hybridized carbons (Fsp3) is 0.146. The Morgan fingerprint density at radius 3 is 2.16 bits per heavy atom. The van der Waals surface area contributed by atoms with Crippen LogP contribution in [0.1, 0.15) is 38.4 Å². The van der Waals surface area contributed by atoms with E-state index in [9.17, 15) is 14.4 Å². The molecule has 1 amide bonds. The summed E-state index contributed by atoms with van der Waals surface area (Å²) in [7, 11) is 1.34. The summed E-state index contributed by atoms with van der Waals surface area (Å²) in [6.45, 7) is 0.786. The molecule has 0 aliphatic carbocycles. The molecule has 0 radical (unpaired) electrons. The molecule has 6 rings (SSSR count). The van der Waals surface area contributed by atoms with Crippen LogP contribution in [0.3, 0.4) is 0 Å². The van der Waals surface area contributed by atoms with E-state index in [2.05, 4.69) is 15.3 Å². The molecule has 1 heterocycles. The smallest absolute Gasteiger partial charge is 0.328 e. The van der Waals surface area contributed by atoms with E-state index >= 15 is 0 Å². The Labute approximate surface area is 290 Å². The number of hydrogen-bond donors (Lipinski definition) is 1.